The molecule has 0 rings (SSSR count). The summed E-state index contributed by atoms with van der Waals surface area (Å²) >= 11 is 0. The molecular weight excluding hydrogens is 200 g/mol. The minimum absolute atomic E-state index is 0.720. The number of nitrogens with zero attached hydrogens (tertiary/aromatic N) is 3. The summed E-state index contributed by atoms with van der Waals surface area (Å²) in [5.74, 6) is 0.722. The number of rotatable bonds is 6. The fourth-order valence-electron chi connectivity index (χ4n) is 1.42. The number of hydrogen-bond acceptors (Lipinski definition) is 2. The highest BCUT2D eigenvalue weighted by molar-refractivity contribution is 6.01. The minimum Gasteiger partial charge on any atom is -0.390 e. The minimum atomic E-state index is 0.720. The van der Waals surface area contributed by atoms with Crippen molar-refractivity contribution in [2.75, 3.05) is 19.6 Å². The van der Waals surface area contributed by atoms with Gasteiger partial charge in [0.05, 0.1) is 6.34 Å². The SMILES string of the molecule is CCCN(/C=C(\C)C(N=CN)=NCC)CC. The molecule has 16 heavy (non-hydrogen) atoms. The first-order valence-corrected chi connectivity index (χ1v) is 5.91. The van der Waals surface area contributed by atoms with Crippen LogP contribution < -0.4 is 5.73 Å². The first kappa shape index (κ1) is 14.7. The Balaban J connectivity index is 4.75. The predicted molar refractivity (Wildman–Crippen MR) is 72.0 cm³/mol. The summed E-state index contributed by atoms with van der Waals surface area (Å²) in [6, 6.07) is 0. The highest BCUT2D eigenvalue weighted by Gasteiger charge is 2.01. The second kappa shape index (κ2) is 8.95. The first-order valence-electron chi connectivity index (χ1n) is 5.91. The van der Waals surface area contributed by atoms with E-state index < -0.39 is 0 Å². The maximum Gasteiger partial charge on any atom is 0.153 e. The molecule has 0 heterocycles. The van der Waals surface area contributed by atoms with Crippen molar-refractivity contribution in [3.05, 3.63) is 11.8 Å². The van der Waals surface area contributed by atoms with Crippen molar-refractivity contribution >= 4 is 12.2 Å². The summed E-state index contributed by atoms with van der Waals surface area (Å²) in [7, 11) is 0. The standard InChI is InChI=1S/C12H24N4/c1-5-8-16(7-3)9-11(4)12(14-6-2)15-10-13/h9-10H,5-8H2,1-4H3,(H2,13,14,15)/b11-9+. The molecule has 0 fully saturated rings. The van der Waals surface area contributed by atoms with E-state index in [4.69, 9.17) is 5.73 Å². The van der Waals surface area contributed by atoms with E-state index in [0.29, 0.717) is 0 Å². The van der Waals surface area contributed by atoms with Gasteiger partial charge in [0.2, 0.25) is 0 Å². The maximum atomic E-state index is 5.31. The van der Waals surface area contributed by atoms with Crippen LogP contribution in [0.1, 0.15) is 34.1 Å². The van der Waals surface area contributed by atoms with Gasteiger partial charge < -0.3 is 10.6 Å². The van der Waals surface area contributed by atoms with Gasteiger partial charge in [-0.3, -0.25) is 4.99 Å². The maximum absolute atomic E-state index is 5.31. The third-order valence-corrected chi connectivity index (χ3v) is 2.15. The number of hydrogen-bond donors (Lipinski definition) is 1. The summed E-state index contributed by atoms with van der Waals surface area (Å²) in [5.41, 5.74) is 6.36. The zero-order valence-electron chi connectivity index (χ0n) is 10.9. The van der Waals surface area contributed by atoms with Crippen LogP contribution in [0.3, 0.4) is 0 Å². The van der Waals surface area contributed by atoms with E-state index in [1.807, 2.05) is 13.8 Å². The summed E-state index contributed by atoms with van der Waals surface area (Å²) in [6.07, 6.45) is 4.53. The van der Waals surface area contributed by atoms with Crippen molar-refractivity contribution in [1.82, 2.24) is 4.90 Å². The molecule has 0 atom stereocenters. The van der Waals surface area contributed by atoms with Gasteiger partial charge in [-0.15, -0.1) is 0 Å². The van der Waals surface area contributed by atoms with Crippen LogP contribution in [0.2, 0.25) is 0 Å². The van der Waals surface area contributed by atoms with E-state index in [2.05, 4.69) is 34.9 Å². The highest BCUT2D eigenvalue weighted by Crippen LogP contribution is 2.03. The van der Waals surface area contributed by atoms with Gasteiger partial charge in [-0.25, -0.2) is 4.99 Å². The molecule has 0 saturated carbocycles. The van der Waals surface area contributed by atoms with Crippen LogP contribution in [0.4, 0.5) is 0 Å². The summed E-state index contributed by atoms with van der Waals surface area (Å²) in [5, 5.41) is 0. The lowest BCUT2D eigenvalue weighted by molar-refractivity contribution is 0.394. The van der Waals surface area contributed by atoms with E-state index in [1.165, 1.54) is 6.34 Å². The fraction of sp³-hybridized carbons (Fsp3) is 0.667. The summed E-state index contributed by atoms with van der Waals surface area (Å²) < 4.78 is 0. The van der Waals surface area contributed by atoms with Gasteiger partial charge in [0.15, 0.2) is 5.84 Å². The highest BCUT2D eigenvalue weighted by atomic mass is 15.1. The molecular formula is C12H24N4. The van der Waals surface area contributed by atoms with Crippen molar-refractivity contribution < 1.29 is 0 Å². The molecule has 0 aliphatic rings. The molecule has 0 radical (unpaired) electrons. The van der Waals surface area contributed by atoms with Gasteiger partial charge >= 0.3 is 0 Å². The lowest BCUT2D eigenvalue weighted by Crippen LogP contribution is -2.19. The van der Waals surface area contributed by atoms with Gasteiger partial charge in [-0.1, -0.05) is 6.92 Å². The van der Waals surface area contributed by atoms with Crippen LogP contribution in [0.25, 0.3) is 0 Å². The second-order valence-electron chi connectivity index (χ2n) is 3.52. The van der Waals surface area contributed by atoms with Crippen LogP contribution in [0.5, 0.6) is 0 Å². The largest absolute Gasteiger partial charge is 0.390 e. The van der Waals surface area contributed by atoms with Gasteiger partial charge in [0.25, 0.3) is 0 Å². The topological polar surface area (TPSA) is 54.0 Å². The van der Waals surface area contributed by atoms with Crippen LogP contribution in [0.15, 0.2) is 21.8 Å². The Bertz CT molecular complexity index is 266. The fourth-order valence-corrected chi connectivity index (χ4v) is 1.42. The Morgan fingerprint density at radius 1 is 1.31 bits per heavy atom. The predicted octanol–water partition coefficient (Wildman–Crippen LogP) is 2.03. The lowest BCUT2D eigenvalue weighted by atomic mass is 10.3. The Kier molecular flexibility index (Phi) is 8.21. The summed E-state index contributed by atoms with van der Waals surface area (Å²) in [4.78, 5) is 10.6. The average molecular weight is 224 g/mol. The Morgan fingerprint density at radius 3 is 2.44 bits per heavy atom. The molecule has 0 aliphatic carbocycles. The monoisotopic (exact) mass is 224 g/mol. The van der Waals surface area contributed by atoms with Gasteiger partial charge in [-0.05, 0) is 27.2 Å². The number of nitrogens with two attached hydrogens (primary N) is 1. The Morgan fingerprint density at radius 2 is 2.00 bits per heavy atom. The van der Waals surface area contributed by atoms with Crippen LogP contribution in [0, 0.1) is 0 Å². The van der Waals surface area contributed by atoms with Crippen LogP contribution >= 0.6 is 0 Å². The molecule has 2 N–H and O–H groups in total. The second-order valence-corrected chi connectivity index (χ2v) is 3.52. The molecule has 0 saturated heterocycles. The Labute approximate surface area is 99.0 Å². The number of aliphatic imine (C=N–C) groups is 2. The molecule has 4 heteroatoms. The van der Waals surface area contributed by atoms with Crippen molar-refractivity contribution in [2.24, 2.45) is 15.7 Å². The van der Waals surface area contributed by atoms with E-state index >= 15 is 0 Å². The van der Waals surface area contributed by atoms with Gasteiger partial charge in [0, 0.05) is 31.4 Å². The number of amidine groups is 1. The molecule has 0 aromatic rings. The van der Waals surface area contributed by atoms with E-state index in [1.54, 1.807) is 0 Å². The molecule has 92 valence electrons. The van der Waals surface area contributed by atoms with E-state index in [-0.39, 0.29) is 0 Å². The third kappa shape index (κ3) is 5.53. The molecule has 0 spiro atoms. The van der Waals surface area contributed by atoms with E-state index in [9.17, 15) is 0 Å². The first-order chi connectivity index (χ1) is 7.69. The van der Waals surface area contributed by atoms with Crippen LogP contribution in [-0.2, 0) is 0 Å². The Hall–Kier alpha value is -1.32. The summed E-state index contributed by atoms with van der Waals surface area (Å²) in [6.45, 7) is 11.1. The smallest absolute Gasteiger partial charge is 0.153 e. The lowest BCUT2D eigenvalue weighted by Gasteiger charge is -2.18. The normalized spacial score (nSPS) is 13.5. The molecule has 0 aliphatic heterocycles. The molecule has 0 unspecified atom stereocenters. The zero-order valence-corrected chi connectivity index (χ0v) is 10.9. The quantitative estimate of drug-likeness (QED) is 0.554. The van der Waals surface area contributed by atoms with Gasteiger partial charge in [-0.2, -0.15) is 0 Å². The average Bonchev–Trinajstić information content (AvgIpc) is 2.28. The molecule has 4 nitrogen and oxygen atoms in total. The van der Waals surface area contributed by atoms with E-state index in [0.717, 1.165) is 37.5 Å². The molecule has 0 aromatic carbocycles. The van der Waals surface area contributed by atoms with Gasteiger partial charge in [0.1, 0.15) is 0 Å². The van der Waals surface area contributed by atoms with Crippen molar-refractivity contribution in [1.29, 1.82) is 0 Å². The van der Waals surface area contributed by atoms with Crippen LogP contribution in [-0.4, -0.2) is 36.7 Å². The van der Waals surface area contributed by atoms with Crippen molar-refractivity contribution in [3.8, 4) is 0 Å². The molecule has 0 bridgehead atoms. The third-order valence-electron chi connectivity index (χ3n) is 2.15. The molecule has 0 amide bonds. The molecule has 0 aromatic heterocycles. The zero-order chi connectivity index (χ0) is 12.4. The van der Waals surface area contributed by atoms with Crippen molar-refractivity contribution in [3.63, 3.8) is 0 Å². The van der Waals surface area contributed by atoms with Crippen molar-refractivity contribution in [2.45, 2.75) is 34.1 Å².